The Morgan fingerprint density at radius 2 is 1.67 bits per heavy atom. The van der Waals surface area contributed by atoms with Gasteiger partial charge in [0, 0.05) is 24.8 Å². The highest BCUT2D eigenvalue weighted by Crippen LogP contribution is 2.31. The van der Waals surface area contributed by atoms with Crippen LogP contribution in [0.2, 0.25) is 0 Å². The number of aryl methyl sites for hydroxylation is 1. The summed E-state index contributed by atoms with van der Waals surface area (Å²) in [6, 6.07) is 22.8. The zero-order valence-corrected chi connectivity index (χ0v) is 18.4. The second-order valence-corrected chi connectivity index (χ2v) is 9.69. The Balaban J connectivity index is 1.38. The van der Waals surface area contributed by atoms with E-state index in [2.05, 4.69) is 11.1 Å². The van der Waals surface area contributed by atoms with Crippen LogP contribution in [0.1, 0.15) is 5.56 Å². The fourth-order valence-corrected chi connectivity index (χ4v) is 4.91. The molecule has 3 aromatic carbocycles. The summed E-state index contributed by atoms with van der Waals surface area (Å²) in [4.78, 5) is 6.83. The van der Waals surface area contributed by atoms with Crippen molar-refractivity contribution >= 4 is 37.4 Å². The van der Waals surface area contributed by atoms with Crippen molar-refractivity contribution in [2.45, 2.75) is 11.8 Å². The Morgan fingerprint density at radius 1 is 0.967 bits per heavy atom. The minimum absolute atomic E-state index is 0.0757. The van der Waals surface area contributed by atoms with E-state index in [1.807, 2.05) is 61.3 Å². The molecule has 1 heterocycles. The molecule has 0 atom stereocenters. The van der Waals surface area contributed by atoms with Crippen LogP contribution in [0, 0.1) is 6.92 Å². The zero-order valence-electron chi connectivity index (χ0n) is 16.8. The molecule has 1 aromatic heterocycles. The van der Waals surface area contributed by atoms with Gasteiger partial charge in [-0.2, -0.15) is 8.42 Å². The van der Waals surface area contributed by atoms with Gasteiger partial charge >= 0.3 is 0 Å². The molecule has 4 aromatic rings. The van der Waals surface area contributed by atoms with Gasteiger partial charge in [-0.15, -0.1) is 11.3 Å². The molecule has 0 saturated carbocycles. The standard InChI is InChI=1S/C23H22N2O3S2/c1-17-7-13-20(14-8-17)30(26,27)28-16-15-25(2)19-11-9-18(10-12-19)23-24-21-5-3-4-6-22(21)29-23/h3-14H,15-16H2,1-2H3. The van der Waals surface area contributed by atoms with Gasteiger partial charge in [0.15, 0.2) is 0 Å². The first-order chi connectivity index (χ1) is 14.4. The van der Waals surface area contributed by atoms with Crippen molar-refractivity contribution in [3.05, 3.63) is 78.4 Å². The second-order valence-electron chi connectivity index (χ2n) is 7.04. The SMILES string of the molecule is Cc1ccc(S(=O)(=O)OCCN(C)c2ccc(-c3nc4ccccc4s3)cc2)cc1. The van der Waals surface area contributed by atoms with E-state index >= 15 is 0 Å². The predicted molar refractivity (Wildman–Crippen MR) is 123 cm³/mol. The van der Waals surface area contributed by atoms with Gasteiger partial charge in [0.2, 0.25) is 0 Å². The number of para-hydroxylation sites is 1. The lowest BCUT2D eigenvalue weighted by molar-refractivity contribution is 0.325. The van der Waals surface area contributed by atoms with Crippen LogP contribution in [0.5, 0.6) is 0 Å². The molecule has 154 valence electrons. The third-order valence-corrected chi connectivity index (χ3v) is 7.24. The third-order valence-electron chi connectivity index (χ3n) is 4.82. The summed E-state index contributed by atoms with van der Waals surface area (Å²) in [5.41, 5.74) is 4.05. The molecule has 0 amide bonds. The third kappa shape index (κ3) is 4.53. The summed E-state index contributed by atoms with van der Waals surface area (Å²) < 4.78 is 30.9. The fourth-order valence-electron chi connectivity index (χ4n) is 3.04. The van der Waals surface area contributed by atoms with E-state index in [4.69, 9.17) is 4.18 Å². The maximum absolute atomic E-state index is 12.3. The molecule has 0 radical (unpaired) electrons. The van der Waals surface area contributed by atoms with Crippen molar-refractivity contribution in [3.8, 4) is 10.6 Å². The smallest absolute Gasteiger partial charge is 0.297 e. The van der Waals surface area contributed by atoms with E-state index in [9.17, 15) is 8.42 Å². The molecule has 0 N–H and O–H groups in total. The highest BCUT2D eigenvalue weighted by Gasteiger charge is 2.15. The first kappa shape index (κ1) is 20.5. The molecule has 0 spiro atoms. The maximum Gasteiger partial charge on any atom is 0.297 e. The minimum atomic E-state index is -3.74. The van der Waals surface area contributed by atoms with Crippen molar-refractivity contribution in [1.29, 1.82) is 0 Å². The highest BCUT2D eigenvalue weighted by atomic mass is 32.2. The number of aromatic nitrogens is 1. The van der Waals surface area contributed by atoms with E-state index in [0.29, 0.717) is 6.54 Å². The van der Waals surface area contributed by atoms with Crippen molar-refractivity contribution in [1.82, 2.24) is 4.98 Å². The van der Waals surface area contributed by atoms with Gasteiger partial charge in [0.1, 0.15) is 5.01 Å². The van der Waals surface area contributed by atoms with Crippen molar-refractivity contribution in [3.63, 3.8) is 0 Å². The number of hydrogen-bond acceptors (Lipinski definition) is 6. The molecule has 0 aliphatic rings. The molecule has 0 aliphatic heterocycles. The Morgan fingerprint density at radius 3 is 2.37 bits per heavy atom. The first-order valence-corrected chi connectivity index (χ1v) is 11.8. The lowest BCUT2D eigenvalue weighted by Gasteiger charge is -2.19. The topological polar surface area (TPSA) is 59.5 Å². The molecule has 0 unspecified atom stereocenters. The van der Waals surface area contributed by atoms with Crippen LogP contribution >= 0.6 is 11.3 Å². The van der Waals surface area contributed by atoms with E-state index < -0.39 is 10.1 Å². The van der Waals surface area contributed by atoms with Gasteiger partial charge in [-0.25, -0.2) is 4.98 Å². The number of anilines is 1. The van der Waals surface area contributed by atoms with Crippen LogP contribution in [0.15, 0.2) is 77.7 Å². The van der Waals surface area contributed by atoms with Gasteiger partial charge in [-0.05, 0) is 55.5 Å². The maximum atomic E-state index is 12.3. The monoisotopic (exact) mass is 438 g/mol. The van der Waals surface area contributed by atoms with Gasteiger partial charge in [0.05, 0.1) is 21.7 Å². The van der Waals surface area contributed by atoms with Crippen LogP contribution in [0.4, 0.5) is 5.69 Å². The van der Waals surface area contributed by atoms with Gasteiger partial charge < -0.3 is 4.90 Å². The van der Waals surface area contributed by atoms with E-state index in [-0.39, 0.29) is 11.5 Å². The summed E-state index contributed by atoms with van der Waals surface area (Å²) in [7, 11) is -1.83. The average Bonchev–Trinajstić information content (AvgIpc) is 3.18. The minimum Gasteiger partial charge on any atom is -0.372 e. The number of hydrogen-bond donors (Lipinski definition) is 0. The molecule has 0 bridgehead atoms. The van der Waals surface area contributed by atoms with Crippen molar-refractivity contribution in [2.24, 2.45) is 0 Å². The van der Waals surface area contributed by atoms with Gasteiger partial charge in [-0.1, -0.05) is 29.8 Å². The van der Waals surface area contributed by atoms with Crippen LogP contribution < -0.4 is 4.90 Å². The van der Waals surface area contributed by atoms with Gasteiger partial charge in [0.25, 0.3) is 10.1 Å². The summed E-state index contributed by atoms with van der Waals surface area (Å²) in [6.07, 6.45) is 0. The Kier molecular flexibility index (Phi) is 5.85. The molecule has 5 nitrogen and oxygen atoms in total. The lowest BCUT2D eigenvalue weighted by atomic mass is 10.2. The number of rotatable bonds is 7. The van der Waals surface area contributed by atoms with Gasteiger partial charge in [-0.3, -0.25) is 4.18 Å². The van der Waals surface area contributed by atoms with E-state index in [1.54, 1.807) is 35.6 Å². The molecule has 30 heavy (non-hydrogen) atoms. The van der Waals surface area contributed by atoms with E-state index in [1.165, 1.54) is 4.70 Å². The summed E-state index contributed by atoms with van der Waals surface area (Å²) >= 11 is 1.67. The predicted octanol–water partition coefficient (Wildman–Crippen LogP) is 5.11. The molecular weight excluding hydrogens is 416 g/mol. The molecule has 0 fully saturated rings. The molecule has 0 saturated heterocycles. The van der Waals surface area contributed by atoms with E-state index in [0.717, 1.165) is 27.3 Å². The Hall–Kier alpha value is -2.74. The fraction of sp³-hybridized carbons (Fsp3) is 0.174. The molecule has 4 rings (SSSR count). The quantitative estimate of drug-likeness (QED) is 0.375. The number of nitrogens with zero attached hydrogens (tertiary/aromatic N) is 2. The Labute approximate surface area is 180 Å². The largest absolute Gasteiger partial charge is 0.372 e. The second kappa shape index (κ2) is 8.55. The number of likely N-dealkylation sites (N-methyl/N-ethyl adjacent to an activating group) is 1. The molecule has 7 heteroatoms. The summed E-state index contributed by atoms with van der Waals surface area (Å²) in [6.45, 7) is 2.44. The summed E-state index contributed by atoms with van der Waals surface area (Å²) in [5, 5.41) is 0.984. The van der Waals surface area contributed by atoms with Crippen LogP contribution in [-0.2, 0) is 14.3 Å². The van der Waals surface area contributed by atoms with Crippen molar-refractivity contribution < 1.29 is 12.6 Å². The average molecular weight is 439 g/mol. The summed E-state index contributed by atoms with van der Waals surface area (Å²) in [5.74, 6) is 0. The molecular formula is C23H22N2O3S2. The highest BCUT2D eigenvalue weighted by molar-refractivity contribution is 7.86. The number of benzene rings is 3. The van der Waals surface area contributed by atoms with Crippen LogP contribution in [0.25, 0.3) is 20.8 Å². The first-order valence-electron chi connectivity index (χ1n) is 9.56. The Bertz CT molecular complexity index is 1210. The van der Waals surface area contributed by atoms with Crippen LogP contribution in [0.3, 0.4) is 0 Å². The zero-order chi connectivity index (χ0) is 21.1. The van der Waals surface area contributed by atoms with Crippen LogP contribution in [-0.4, -0.2) is 33.6 Å². The molecule has 0 aliphatic carbocycles. The number of thiazole rings is 1. The van der Waals surface area contributed by atoms with Crippen molar-refractivity contribution in [2.75, 3.05) is 25.1 Å². The lowest BCUT2D eigenvalue weighted by Crippen LogP contribution is -2.24. The normalized spacial score (nSPS) is 11.7. The number of fused-ring (bicyclic) bond motifs is 1.